The van der Waals surface area contributed by atoms with Crippen LogP contribution in [0.15, 0.2) is 48.7 Å². The lowest BCUT2D eigenvalue weighted by molar-refractivity contribution is 0.0912. The highest BCUT2D eigenvalue weighted by atomic mass is 16.2. The second-order valence-corrected chi connectivity index (χ2v) is 6.95. The molecule has 0 saturated carbocycles. The SMILES string of the molecule is Cc1ccc(C(C)C(NC(=O)c2cccc3n[c]cn23)C(C)C)cc1. The van der Waals surface area contributed by atoms with E-state index in [1.165, 1.54) is 11.1 Å². The number of aromatic nitrogens is 2. The van der Waals surface area contributed by atoms with Crippen LogP contribution < -0.4 is 5.32 Å². The van der Waals surface area contributed by atoms with Gasteiger partial charge in [-0.25, -0.2) is 4.98 Å². The number of benzene rings is 1. The number of amides is 1. The number of aryl methyl sites for hydroxylation is 1. The summed E-state index contributed by atoms with van der Waals surface area (Å²) in [5, 5.41) is 3.23. The molecule has 2 aromatic heterocycles. The summed E-state index contributed by atoms with van der Waals surface area (Å²) < 4.78 is 1.77. The lowest BCUT2D eigenvalue weighted by atomic mass is 9.86. The Kier molecular flexibility index (Phi) is 4.88. The number of hydrogen-bond donors (Lipinski definition) is 1. The van der Waals surface area contributed by atoms with E-state index in [0.29, 0.717) is 11.6 Å². The van der Waals surface area contributed by atoms with E-state index in [-0.39, 0.29) is 17.9 Å². The first-order valence-electron chi connectivity index (χ1n) is 8.69. The van der Waals surface area contributed by atoms with E-state index < -0.39 is 0 Å². The molecule has 4 heteroatoms. The van der Waals surface area contributed by atoms with Crippen molar-refractivity contribution in [2.75, 3.05) is 0 Å². The maximum absolute atomic E-state index is 12.9. The molecule has 2 atom stereocenters. The summed E-state index contributed by atoms with van der Waals surface area (Å²) in [7, 11) is 0. The summed E-state index contributed by atoms with van der Waals surface area (Å²) in [5.41, 5.74) is 3.77. The van der Waals surface area contributed by atoms with Crippen molar-refractivity contribution in [1.82, 2.24) is 14.7 Å². The van der Waals surface area contributed by atoms with E-state index in [1.807, 2.05) is 18.2 Å². The summed E-state index contributed by atoms with van der Waals surface area (Å²) in [4.78, 5) is 17.0. The van der Waals surface area contributed by atoms with Crippen molar-refractivity contribution in [3.63, 3.8) is 0 Å². The summed E-state index contributed by atoms with van der Waals surface area (Å²) in [6.07, 6.45) is 4.49. The van der Waals surface area contributed by atoms with Crippen LogP contribution in [0.4, 0.5) is 0 Å². The smallest absolute Gasteiger partial charge is 0.268 e. The minimum atomic E-state index is -0.0883. The molecule has 0 aliphatic heterocycles. The van der Waals surface area contributed by atoms with Gasteiger partial charge in [-0.15, -0.1) is 0 Å². The van der Waals surface area contributed by atoms with Crippen LogP contribution in [0.1, 0.15) is 48.3 Å². The Morgan fingerprint density at radius 2 is 1.84 bits per heavy atom. The van der Waals surface area contributed by atoms with Crippen LogP contribution in [-0.2, 0) is 0 Å². The third-order valence-corrected chi connectivity index (χ3v) is 4.76. The predicted octanol–water partition coefficient (Wildman–Crippen LogP) is 4.00. The molecule has 1 radical (unpaired) electrons. The molecule has 129 valence electrons. The van der Waals surface area contributed by atoms with Crippen LogP contribution in [0.3, 0.4) is 0 Å². The average Bonchev–Trinajstić information content (AvgIpc) is 3.08. The number of carbonyl (C=O) groups excluding carboxylic acids is 1. The van der Waals surface area contributed by atoms with Crippen molar-refractivity contribution in [2.45, 2.75) is 39.7 Å². The highest BCUT2D eigenvalue weighted by Gasteiger charge is 2.25. The van der Waals surface area contributed by atoms with Crippen molar-refractivity contribution in [2.24, 2.45) is 5.92 Å². The number of hydrogen-bond acceptors (Lipinski definition) is 2. The van der Waals surface area contributed by atoms with Gasteiger partial charge in [0.2, 0.25) is 0 Å². The lowest BCUT2D eigenvalue weighted by Crippen LogP contribution is -2.42. The number of rotatable bonds is 5. The molecule has 4 nitrogen and oxygen atoms in total. The fourth-order valence-electron chi connectivity index (χ4n) is 3.25. The van der Waals surface area contributed by atoms with Gasteiger partial charge in [0.15, 0.2) is 0 Å². The second kappa shape index (κ2) is 7.09. The first-order chi connectivity index (χ1) is 12.0. The van der Waals surface area contributed by atoms with Crippen LogP contribution in [0, 0.1) is 19.0 Å². The van der Waals surface area contributed by atoms with Crippen LogP contribution >= 0.6 is 0 Å². The van der Waals surface area contributed by atoms with E-state index in [9.17, 15) is 4.79 Å². The van der Waals surface area contributed by atoms with Crippen LogP contribution in [0.2, 0.25) is 0 Å². The van der Waals surface area contributed by atoms with E-state index in [4.69, 9.17) is 0 Å². The molecule has 25 heavy (non-hydrogen) atoms. The van der Waals surface area contributed by atoms with Gasteiger partial charge in [0.05, 0.1) is 0 Å². The highest BCUT2D eigenvalue weighted by Crippen LogP contribution is 2.25. The van der Waals surface area contributed by atoms with Crippen molar-refractivity contribution < 1.29 is 4.79 Å². The average molecular weight is 334 g/mol. The van der Waals surface area contributed by atoms with Gasteiger partial charge in [0.1, 0.15) is 17.5 Å². The molecule has 3 rings (SSSR count). The largest absolute Gasteiger partial charge is 0.347 e. The Balaban J connectivity index is 1.85. The maximum Gasteiger partial charge on any atom is 0.268 e. The van der Waals surface area contributed by atoms with Gasteiger partial charge in [-0.3, -0.25) is 9.20 Å². The van der Waals surface area contributed by atoms with Crippen molar-refractivity contribution >= 4 is 11.6 Å². The molecule has 1 amide bonds. The van der Waals surface area contributed by atoms with Crippen LogP contribution in [0.25, 0.3) is 5.65 Å². The normalized spacial score (nSPS) is 13.8. The van der Waals surface area contributed by atoms with E-state index in [1.54, 1.807) is 10.6 Å². The van der Waals surface area contributed by atoms with Crippen molar-refractivity contribution in [3.05, 3.63) is 71.7 Å². The molecule has 0 fully saturated rings. The van der Waals surface area contributed by atoms with Gasteiger partial charge >= 0.3 is 0 Å². The third-order valence-electron chi connectivity index (χ3n) is 4.76. The zero-order valence-corrected chi connectivity index (χ0v) is 15.2. The monoisotopic (exact) mass is 334 g/mol. The lowest BCUT2D eigenvalue weighted by Gasteiger charge is -2.29. The number of fused-ring (bicyclic) bond motifs is 1. The molecule has 0 bridgehead atoms. The molecule has 0 saturated heterocycles. The quantitative estimate of drug-likeness (QED) is 0.766. The fraction of sp³-hybridized carbons (Fsp3) is 0.333. The molecular formula is C21H24N3O. The molecule has 1 aromatic carbocycles. The van der Waals surface area contributed by atoms with Gasteiger partial charge < -0.3 is 5.32 Å². The van der Waals surface area contributed by atoms with Crippen molar-refractivity contribution in [1.29, 1.82) is 0 Å². The summed E-state index contributed by atoms with van der Waals surface area (Å²) in [6.45, 7) is 8.53. The molecule has 2 unspecified atom stereocenters. The number of imidazole rings is 1. The third kappa shape index (κ3) is 3.58. The maximum atomic E-state index is 12.9. The number of nitrogens with one attached hydrogen (secondary N) is 1. The van der Waals surface area contributed by atoms with Crippen molar-refractivity contribution in [3.8, 4) is 0 Å². The first kappa shape index (κ1) is 17.2. The van der Waals surface area contributed by atoms with E-state index in [2.05, 4.69) is 68.5 Å². The van der Waals surface area contributed by atoms with Gasteiger partial charge in [0, 0.05) is 18.2 Å². The Labute approximate surface area is 148 Å². The van der Waals surface area contributed by atoms with Gasteiger partial charge in [-0.05, 0) is 30.5 Å². The zero-order valence-electron chi connectivity index (χ0n) is 15.2. The zero-order chi connectivity index (χ0) is 18.0. The van der Waals surface area contributed by atoms with E-state index in [0.717, 1.165) is 5.65 Å². The minimum absolute atomic E-state index is 0.0398. The Bertz CT molecular complexity index is 864. The Hall–Kier alpha value is -2.62. The van der Waals surface area contributed by atoms with Gasteiger partial charge in [-0.2, -0.15) is 0 Å². The minimum Gasteiger partial charge on any atom is -0.347 e. The second-order valence-electron chi connectivity index (χ2n) is 6.95. The summed E-state index contributed by atoms with van der Waals surface area (Å²) >= 11 is 0. The molecule has 0 aliphatic carbocycles. The molecular weight excluding hydrogens is 310 g/mol. The number of nitrogens with zero attached hydrogens (tertiary/aromatic N) is 2. The molecule has 0 spiro atoms. The first-order valence-corrected chi connectivity index (χ1v) is 8.69. The highest BCUT2D eigenvalue weighted by molar-refractivity contribution is 5.93. The van der Waals surface area contributed by atoms with Gasteiger partial charge in [-0.1, -0.05) is 56.7 Å². The van der Waals surface area contributed by atoms with E-state index >= 15 is 0 Å². The molecule has 3 aromatic rings. The fourth-order valence-corrected chi connectivity index (χ4v) is 3.25. The van der Waals surface area contributed by atoms with Crippen LogP contribution in [-0.4, -0.2) is 21.3 Å². The molecule has 1 N–H and O–H groups in total. The number of pyridine rings is 1. The number of carbonyl (C=O) groups is 1. The molecule has 0 aliphatic rings. The van der Waals surface area contributed by atoms with Crippen LogP contribution in [0.5, 0.6) is 0 Å². The summed E-state index contributed by atoms with van der Waals surface area (Å²) in [6, 6.07) is 14.1. The topological polar surface area (TPSA) is 46.4 Å². The van der Waals surface area contributed by atoms with Gasteiger partial charge in [0.25, 0.3) is 5.91 Å². The Morgan fingerprint density at radius 1 is 1.12 bits per heavy atom. The molecule has 2 heterocycles. The standard InChI is InChI=1S/C21H24N3O/c1-14(2)20(16(4)17-10-8-15(3)9-11-17)23-21(25)18-6-5-7-19-22-12-13-24(18)19/h5-11,13-14,16,20H,1-4H3,(H,23,25). The summed E-state index contributed by atoms with van der Waals surface area (Å²) in [5.74, 6) is 0.446. The predicted molar refractivity (Wildman–Crippen MR) is 99.7 cm³/mol. The Morgan fingerprint density at radius 3 is 2.52 bits per heavy atom.